The average molecular weight is 482 g/mol. The third-order valence-electron chi connectivity index (χ3n) is 4.62. The molecule has 0 aliphatic carbocycles. The highest BCUT2D eigenvalue weighted by Crippen LogP contribution is 2.32. The normalized spacial score (nSPS) is 11.2. The molecule has 0 amide bonds. The second-order valence-corrected chi connectivity index (χ2v) is 7.50. The van der Waals surface area contributed by atoms with Gasteiger partial charge in [-0.05, 0) is 54.1 Å². The van der Waals surface area contributed by atoms with E-state index >= 15 is 0 Å². The molecule has 1 aromatic heterocycles. The molecule has 0 fully saturated rings. The number of rotatable bonds is 5. The van der Waals surface area contributed by atoms with Crippen molar-refractivity contribution in [3.63, 3.8) is 0 Å². The molecule has 0 atom stereocenters. The molecule has 3 aromatic carbocycles. The minimum Gasteiger partial charge on any atom is -0.493 e. The van der Waals surface area contributed by atoms with E-state index < -0.39 is 5.82 Å². The number of hydrogen-bond donors (Lipinski definition) is 0. The molecule has 0 aliphatic rings. The van der Waals surface area contributed by atoms with Gasteiger partial charge in [0.2, 0.25) is 0 Å². The second-order valence-electron chi connectivity index (χ2n) is 6.58. The van der Waals surface area contributed by atoms with E-state index in [-0.39, 0.29) is 5.56 Å². The Hall–Kier alpha value is -3.52. The van der Waals surface area contributed by atoms with E-state index in [9.17, 15) is 9.18 Å². The van der Waals surface area contributed by atoms with Crippen molar-refractivity contribution in [1.29, 1.82) is 0 Å². The van der Waals surface area contributed by atoms with Crippen LogP contribution in [-0.2, 0) is 0 Å². The lowest BCUT2D eigenvalue weighted by atomic mass is 10.1. The smallest absolute Gasteiger partial charge is 0.282 e. The highest BCUT2D eigenvalue weighted by Gasteiger charge is 2.15. The molecule has 0 radical (unpaired) electrons. The molecule has 0 N–H and O–H groups in total. The Kier molecular flexibility index (Phi) is 5.81. The van der Waals surface area contributed by atoms with Gasteiger partial charge in [-0.25, -0.2) is 9.37 Å². The fourth-order valence-corrected chi connectivity index (χ4v) is 3.49. The van der Waals surface area contributed by atoms with Crippen LogP contribution in [0.15, 0.2) is 75.0 Å². The Morgan fingerprint density at radius 2 is 1.84 bits per heavy atom. The lowest BCUT2D eigenvalue weighted by molar-refractivity contribution is 0.355. The molecule has 0 aliphatic heterocycles. The minimum absolute atomic E-state index is 0.313. The molecule has 0 saturated heterocycles. The standard InChI is InChI=1S/C23H17BrFN3O3/c1-30-20-9-6-15(11-21(20)31-2)22-27-19-8-7-16(24)12-18(19)23(29)28(22)26-13-14-4-3-5-17(25)10-14/h3-13H,1-2H3/b26-13+. The molecule has 1 heterocycles. The van der Waals surface area contributed by atoms with Crippen LogP contribution >= 0.6 is 15.9 Å². The quantitative estimate of drug-likeness (QED) is 0.381. The SMILES string of the molecule is COc1ccc(-c2nc3ccc(Br)cc3c(=O)n2/N=C/c2cccc(F)c2)cc1OC. The molecule has 0 saturated carbocycles. The number of hydrogen-bond acceptors (Lipinski definition) is 5. The molecule has 0 bridgehead atoms. The van der Waals surface area contributed by atoms with E-state index in [0.717, 1.165) is 4.47 Å². The summed E-state index contributed by atoms with van der Waals surface area (Å²) < 4.78 is 26.2. The third kappa shape index (κ3) is 4.20. The molecule has 6 nitrogen and oxygen atoms in total. The number of nitrogens with zero attached hydrogens (tertiary/aromatic N) is 3. The first-order valence-corrected chi connectivity index (χ1v) is 10.0. The first-order chi connectivity index (χ1) is 15.0. The van der Waals surface area contributed by atoms with Crippen LogP contribution in [0.1, 0.15) is 5.56 Å². The van der Waals surface area contributed by atoms with Crippen molar-refractivity contribution < 1.29 is 13.9 Å². The average Bonchev–Trinajstić information content (AvgIpc) is 2.78. The van der Waals surface area contributed by atoms with Crippen molar-refractivity contribution >= 4 is 33.0 Å². The van der Waals surface area contributed by atoms with Crippen molar-refractivity contribution in [3.8, 4) is 22.9 Å². The van der Waals surface area contributed by atoms with Gasteiger partial charge in [0.15, 0.2) is 17.3 Å². The number of ether oxygens (including phenoxy) is 2. The van der Waals surface area contributed by atoms with Crippen LogP contribution in [0.2, 0.25) is 0 Å². The van der Waals surface area contributed by atoms with Gasteiger partial charge >= 0.3 is 0 Å². The summed E-state index contributed by atoms with van der Waals surface area (Å²) in [5.74, 6) is 0.962. The maximum absolute atomic E-state index is 13.6. The lowest BCUT2D eigenvalue weighted by Gasteiger charge is -2.12. The fourth-order valence-electron chi connectivity index (χ4n) is 3.13. The zero-order valence-corrected chi connectivity index (χ0v) is 18.3. The Labute approximate surface area is 185 Å². The van der Waals surface area contributed by atoms with Gasteiger partial charge in [-0.2, -0.15) is 9.78 Å². The van der Waals surface area contributed by atoms with Gasteiger partial charge in [-0.1, -0.05) is 28.1 Å². The lowest BCUT2D eigenvalue weighted by Crippen LogP contribution is -2.20. The summed E-state index contributed by atoms with van der Waals surface area (Å²) in [4.78, 5) is 18.0. The highest BCUT2D eigenvalue weighted by molar-refractivity contribution is 9.10. The molecule has 4 aromatic rings. The molecular formula is C23H17BrFN3O3. The highest BCUT2D eigenvalue weighted by atomic mass is 79.9. The molecule has 0 spiro atoms. The van der Waals surface area contributed by atoms with Crippen LogP contribution < -0.4 is 15.0 Å². The summed E-state index contributed by atoms with van der Waals surface area (Å²) in [6.45, 7) is 0. The number of methoxy groups -OCH3 is 2. The maximum Gasteiger partial charge on any atom is 0.282 e. The predicted octanol–water partition coefficient (Wildman–Crippen LogP) is 4.86. The molecule has 8 heteroatoms. The number of halogens is 2. The summed E-state index contributed by atoms with van der Waals surface area (Å²) in [5, 5.41) is 4.73. The van der Waals surface area contributed by atoms with E-state index in [1.54, 1.807) is 49.6 Å². The summed E-state index contributed by atoms with van der Waals surface area (Å²) in [7, 11) is 3.07. The first-order valence-electron chi connectivity index (χ1n) is 9.25. The summed E-state index contributed by atoms with van der Waals surface area (Å²) >= 11 is 3.39. The predicted molar refractivity (Wildman–Crippen MR) is 122 cm³/mol. The van der Waals surface area contributed by atoms with Crippen LogP contribution in [0.3, 0.4) is 0 Å². The second kappa shape index (κ2) is 8.69. The maximum atomic E-state index is 13.6. The van der Waals surface area contributed by atoms with Crippen molar-refractivity contribution in [2.24, 2.45) is 5.10 Å². The van der Waals surface area contributed by atoms with Crippen LogP contribution in [0.5, 0.6) is 11.5 Å². The van der Waals surface area contributed by atoms with Crippen molar-refractivity contribution in [1.82, 2.24) is 9.66 Å². The zero-order chi connectivity index (χ0) is 22.0. The van der Waals surface area contributed by atoms with Crippen molar-refractivity contribution in [3.05, 3.63) is 86.9 Å². The Morgan fingerprint density at radius 3 is 2.58 bits per heavy atom. The Morgan fingerprint density at radius 1 is 1.03 bits per heavy atom. The zero-order valence-electron chi connectivity index (χ0n) is 16.7. The van der Waals surface area contributed by atoms with Gasteiger partial charge in [-0.15, -0.1) is 0 Å². The Balaban J connectivity index is 1.96. The summed E-state index contributed by atoms with van der Waals surface area (Å²) in [6.07, 6.45) is 1.42. The van der Waals surface area contributed by atoms with Crippen LogP contribution in [0.4, 0.5) is 4.39 Å². The topological polar surface area (TPSA) is 65.7 Å². The molecule has 4 rings (SSSR count). The summed E-state index contributed by atoms with van der Waals surface area (Å²) in [5.41, 5.74) is 1.29. The van der Waals surface area contributed by atoms with Gasteiger partial charge in [0.25, 0.3) is 5.56 Å². The van der Waals surface area contributed by atoms with Gasteiger partial charge < -0.3 is 9.47 Å². The largest absolute Gasteiger partial charge is 0.493 e. The fraction of sp³-hybridized carbons (Fsp3) is 0.0870. The van der Waals surface area contributed by atoms with E-state index in [0.29, 0.717) is 39.4 Å². The van der Waals surface area contributed by atoms with Crippen LogP contribution in [0.25, 0.3) is 22.3 Å². The molecular weight excluding hydrogens is 465 g/mol. The van der Waals surface area contributed by atoms with Gasteiger partial charge in [-0.3, -0.25) is 4.79 Å². The number of aromatic nitrogens is 2. The monoisotopic (exact) mass is 481 g/mol. The Bertz CT molecular complexity index is 1370. The van der Waals surface area contributed by atoms with Gasteiger partial charge in [0, 0.05) is 10.0 Å². The van der Waals surface area contributed by atoms with Crippen LogP contribution in [-0.4, -0.2) is 30.1 Å². The van der Waals surface area contributed by atoms with E-state index in [1.807, 2.05) is 6.07 Å². The summed E-state index contributed by atoms with van der Waals surface area (Å²) in [6, 6.07) is 16.4. The first kappa shape index (κ1) is 20.7. The van der Waals surface area contributed by atoms with Gasteiger partial charge in [0.05, 0.1) is 31.3 Å². The van der Waals surface area contributed by atoms with Gasteiger partial charge in [0.1, 0.15) is 5.82 Å². The van der Waals surface area contributed by atoms with E-state index in [2.05, 4.69) is 26.0 Å². The van der Waals surface area contributed by atoms with E-state index in [1.165, 1.54) is 30.1 Å². The minimum atomic E-state index is -0.392. The van der Waals surface area contributed by atoms with Crippen LogP contribution in [0, 0.1) is 5.82 Å². The third-order valence-corrected chi connectivity index (χ3v) is 5.11. The number of fused-ring (bicyclic) bond motifs is 1. The number of benzene rings is 3. The van der Waals surface area contributed by atoms with E-state index in [4.69, 9.17) is 9.47 Å². The molecule has 156 valence electrons. The van der Waals surface area contributed by atoms with Crippen molar-refractivity contribution in [2.45, 2.75) is 0 Å². The molecule has 31 heavy (non-hydrogen) atoms. The molecule has 0 unspecified atom stereocenters. The van der Waals surface area contributed by atoms with Crippen molar-refractivity contribution in [2.75, 3.05) is 14.2 Å².